The third-order valence-corrected chi connectivity index (χ3v) is 9.83. The Morgan fingerprint density at radius 2 is 1.86 bits per heavy atom. The Balaban J connectivity index is 1.55. The Labute approximate surface area is 172 Å². The van der Waals surface area contributed by atoms with E-state index < -0.39 is 0 Å². The third-order valence-electron chi connectivity index (χ3n) is 9.83. The first-order valence-electron chi connectivity index (χ1n) is 12.2. The molecule has 0 spiro atoms. The lowest BCUT2D eigenvalue weighted by Crippen LogP contribution is -2.44. The fourth-order valence-corrected chi connectivity index (χ4v) is 8.21. The highest BCUT2D eigenvalue weighted by atomic mass is 16.3. The molecule has 0 aromatic carbocycles. The smallest absolute Gasteiger partial charge is 0.146 e. The number of carbonyl (C=O) groups is 1. The Bertz CT molecular complexity index is 634. The SMILES string of the molecule is CC(C)CCCC[C@H]1CCC2C3C(C=O)=C4CC(O)CC[C@]4(C)C3CC[C@@]21C. The van der Waals surface area contributed by atoms with Gasteiger partial charge in [-0.2, -0.15) is 0 Å². The summed E-state index contributed by atoms with van der Waals surface area (Å²) in [5.74, 6) is 3.48. The molecule has 4 aliphatic carbocycles. The molecule has 7 atom stereocenters. The van der Waals surface area contributed by atoms with E-state index in [4.69, 9.17) is 0 Å². The normalized spacial score (nSPS) is 45.1. The molecular formula is C26H42O2. The van der Waals surface area contributed by atoms with Crippen molar-refractivity contribution in [1.29, 1.82) is 0 Å². The molecule has 158 valence electrons. The maximum Gasteiger partial charge on any atom is 0.146 e. The van der Waals surface area contributed by atoms with Gasteiger partial charge in [0.2, 0.25) is 0 Å². The number of hydrogen-bond acceptors (Lipinski definition) is 2. The number of allylic oxidation sites excluding steroid dienone is 1. The van der Waals surface area contributed by atoms with Crippen molar-refractivity contribution >= 4 is 6.29 Å². The van der Waals surface area contributed by atoms with E-state index in [2.05, 4.69) is 27.7 Å². The van der Waals surface area contributed by atoms with E-state index in [0.717, 1.165) is 36.7 Å². The number of aliphatic hydroxyl groups is 1. The summed E-state index contributed by atoms with van der Waals surface area (Å²) in [6, 6.07) is 0. The van der Waals surface area contributed by atoms with E-state index >= 15 is 0 Å². The van der Waals surface area contributed by atoms with Crippen molar-refractivity contribution in [2.24, 2.45) is 40.4 Å². The van der Waals surface area contributed by atoms with Crippen LogP contribution in [0.15, 0.2) is 11.1 Å². The summed E-state index contributed by atoms with van der Waals surface area (Å²) in [5, 5.41) is 10.3. The van der Waals surface area contributed by atoms with Crippen LogP contribution in [0.25, 0.3) is 0 Å². The van der Waals surface area contributed by atoms with Crippen LogP contribution in [-0.2, 0) is 4.79 Å². The molecule has 0 aromatic heterocycles. The molecule has 0 aromatic rings. The van der Waals surface area contributed by atoms with E-state index in [0.29, 0.717) is 23.2 Å². The van der Waals surface area contributed by atoms with Crippen molar-refractivity contribution in [2.75, 3.05) is 0 Å². The number of carbonyl (C=O) groups excluding carboxylic acids is 1. The molecule has 1 N–H and O–H groups in total. The van der Waals surface area contributed by atoms with Gasteiger partial charge < -0.3 is 5.11 Å². The molecule has 0 aliphatic heterocycles. The molecule has 0 saturated heterocycles. The van der Waals surface area contributed by atoms with Crippen LogP contribution in [-0.4, -0.2) is 17.5 Å². The summed E-state index contributed by atoms with van der Waals surface area (Å²) in [6.45, 7) is 9.66. The number of rotatable bonds is 6. The van der Waals surface area contributed by atoms with Crippen LogP contribution in [0.1, 0.15) is 98.3 Å². The molecule has 4 unspecified atom stereocenters. The van der Waals surface area contributed by atoms with E-state index in [1.54, 1.807) is 0 Å². The summed E-state index contributed by atoms with van der Waals surface area (Å²) < 4.78 is 0. The minimum atomic E-state index is -0.234. The molecular weight excluding hydrogens is 344 g/mol. The standard InChI is InChI=1S/C26H42O2/c1-17(2)7-5-6-8-18-9-10-21-24-20(16-27)23-15-19(28)11-13-26(23,4)22(24)12-14-25(18,21)3/h16-19,21-22,24,28H,5-15H2,1-4H3/t18-,19?,21?,22?,24?,25+,26+/m0/s1. The zero-order valence-electron chi connectivity index (χ0n) is 18.7. The second kappa shape index (κ2) is 7.56. The summed E-state index contributed by atoms with van der Waals surface area (Å²) in [5.41, 5.74) is 3.08. The fraction of sp³-hybridized carbons (Fsp3) is 0.885. The van der Waals surface area contributed by atoms with Gasteiger partial charge in [0.25, 0.3) is 0 Å². The number of aliphatic hydroxyl groups excluding tert-OH is 1. The average molecular weight is 387 g/mol. The number of unbranched alkanes of at least 4 members (excludes halogenated alkanes) is 1. The Kier molecular flexibility index (Phi) is 5.57. The molecule has 0 radical (unpaired) electrons. The lowest BCUT2D eigenvalue weighted by molar-refractivity contribution is -0.106. The van der Waals surface area contributed by atoms with Crippen molar-refractivity contribution in [3.8, 4) is 0 Å². The van der Waals surface area contributed by atoms with Crippen LogP contribution in [0.2, 0.25) is 0 Å². The molecule has 3 saturated carbocycles. The van der Waals surface area contributed by atoms with Gasteiger partial charge in [0.05, 0.1) is 6.10 Å². The summed E-state index contributed by atoms with van der Waals surface area (Å²) in [6.07, 6.45) is 14.5. The van der Waals surface area contributed by atoms with E-state index in [9.17, 15) is 9.90 Å². The second-order valence-corrected chi connectivity index (χ2v) is 11.6. The van der Waals surface area contributed by atoms with E-state index in [-0.39, 0.29) is 11.5 Å². The number of aldehydes is 1. The van der Waals surface area contributed by atoms with E-state index in [1.165, 1.54) is 63.2 Å². The molecule has 0 heterocycles. The zero-order valence-corrected chi connectivity index (χ0v) is 18.7. The van der Waals surface area contributed by atoms with Crippen LogP contribution in [0.4, 0.5) is 0 Å². The first kappa shape index (κ1) is 20.6. The van der Waals surface area contributed by atoms with Crippen LogP contribution in [0, 0.1) is 40.4 Å². The maximum atomic E-state index is 12.3. The van der Waals surface area contributed by atoms with Gasteiger partial charge in [-0.1, -0.05) is 52.5 Å². The van der Waals surface area contributed by atoms with Crippen LogP contribution in [0.3, 0.4) is 0 Å². The largest absolute Gasteiger partial charge is 0.393 e. The molecule has 0 amide bonds. The molecule has 2 nitrogen and oxygen atoms in total. The molecule has 0 bridgehead atoms. The first-order chi connectivity index (χ1) is 13.3. The van der Waals surface area contributed by atoms with Gasteiger partial charge in [0.1, 0.15) is 6.29 Å². The van der Waals surface area contributed by atoms with Crippen LogP contribution >= 0.6 is 0 Å². The average Bonchev–Trinajstić information content (AvgIpc) is 3.10. The zero-order chi connectivity index (χ0) is 20.1. The van der Waals surface area contributed by atoms with Crippen molar-refractivity contribution in [1.82, 2.24) is 0 Å². The first-order valence-corrected chi connectivity index (χ1v) is 12.2. The monoisotopic (exact) mass is 386 g/mol. The molecule has 4 aliphatic rings. The van der Waals surface area contributed by atoms with Crippen molar-refractivity contribution in [3.05, 3.63) is 11.1 Å². The number of hydrogen-bond donors (Lipinski definition) is 1. The summed E-state index contributed by atoms with van der Waals surface area (Å²) in [7, 11) is 0. The van der Waals surface area contributed by atoms with Gasteiger partial charge >= 0.3 is 0 Å². The summed E-state index contributed by atoms with van der Waals surface area (Å²) >= 11 is 0. The molecule has 2 heteroatoms. The predicted molar refractivity (Wildman–Crippen MR) is 115 cm³/mol. The Morgan fingerprint density at radius 1 is 1.07 bits per heavy atom. The van der Waals surface area contributed by atoms with Crippen LogP contribution < -0.4 is 0 Å². The Hall–Kier alpha value is -0.630. The maximum absolute atomic E-state index is 12.3. The molecule has 4 rings (SSSR count). The van der Waals surface area contributed by atoms with Gasteiger partial charge in [0.15, 0.2) is 0 Å². The molecule has 28 heavy (non-hydrogen) atoms. The van der Waals surface area contributed by atoms with Crippen molar-refractivity contribution in [3.63, 3.8) is 0 Å². The van der Waals surface area contributed by atoms with E-state index in [1.807, 2.05) is 0 Å². The van der Waals surface area contributed by atoms with Gasteiger partial charge in [-0.25, -0.2) is 0 Å². The lowest BCUT2D eigenvalue weighted by atomic mass is 9.53. The van der Waals surface area contributed by atoms with Crippen molar-refractivity contribution < 1.29 is 9.90 Å². The number of fused-ring (bicyclic) bond motifs is 5. The van der Waals surface area contributed by atoms with Gasteiger partial charge in [-0.15, -0.1) is 0 Å². The molecule has 3 fully saturated rings. The highest BCUT2D eigenvalue weighted by Crippen LogP contribution is 2.69. The topological polar surface area (TPSA) is 37.3 Å². The fourth-order valence-electron chi connectivity index (χ4n) is 8.21. The van der Waals surface area contributed by atoms with Gasteiger partial charge in [0, 0.05) is 0 Å². The second-order valence-electron chi connectivity index (χ2n) is 11.6. The van der Waals surface area contributed by atoms with Gasteiger partial charge in [-0.05, 0) is 97.4 Å². The Morgan fingerprint density at radius 3 is 2.57 bits per heavy atom. The third kappa shape index (κ3) is 3.13. The minimum absolute atomic E-state index is 0.177. The summed E-state index contributed by atoms with van der Waals surface area (Å²) in [4.78, 5) is 12.3. The highest BCUT2D eigenvalue weighted by molar-refractivity contribution is 5.78. The predicted octanol–water partition coefficient (Wildman–Crippen LogP) is 6.32. The van der Waals surface area contributed by atoms with Gasteiger partial charge in [-0.3, -0.25) is 4.79 Å². The lowest BCUT2D eigenvalue weighted by Gasteiger charge is -2.51. The van der Waals surface area contributed by atoms with Crippen molar-refractivity contribution in [2.45, 2.75) is 104 Å². The van der Waals surface area contributed by atoms with Crippen LogP contribution in [0.5, 0.6) is 0 Å². The minimum Gasteiger partial charge on any atom is -0.393 e. The quantitative estimate of drug-likeness (QED) is 0.428. The highest BCUT2D eigenvalue weighted by Gasteiger charge is 2.61.